The molecule has 1 aromatic carbocycles. The summed E-state index contributed by atoms with van der Waals surface area (Å²) in [7, 11) is -2.46. The van der Waals surface area contributed by atoms with Crippen LogP contribution in [-0.4, -0.2) is 45.0 Å². The van der Waals surface area contributed by atoms with E-state index < -0.39 is 31.5 Å². The van der Waals surface area contributed by atoms with Crippen LogP contribution in [0.4, 0.5) is 0 Å². The maximum absolute atomic E-state index is 11.9. The fourth-order valence-electron chi connectivity index (χ4n) is 4.17. The number of carbonyl (C=O) groups is 4. The van der Waals surface area contributed by atoms with Crippen molar-refractivity contribution in [3.05, 3.63) is 29.8 Å². The highest BCUT2D eigenvalue weighted by molar-refractivity contribution is 7.39. The summed E-state index contributed by atoms with van der Waals surface area (Å²) >= 11 is 0. The predicted molar refractivity (Wildman–Crippen MR) is 184 cm³/mol. The second-order valence-electron chi connectivity index (χ2n) is 11.7. The van der Waals surface area contributed by atoms with E-state index in [-0.39, 0.29) is 24.1 Å². The molecule has 0 heterocycles. The van der Waals surface area contributed by atoms with Crippen LogP contribution in [0.15, 0.2) is 24.3 Å². The van der Waals surface area contributed by atoms with Crippen LogP contribution in [0.25, 0.3) is 0 Å². The second kappa shape index (κ2) is 25.4. The van der Waals surface area contributed by atoms with E-state index in [9.17, 15) is 19.2 Å². The number of nitrogens with two attached hydrogens (primary N) is 2. The number of benzene rings is 1. The standard InChI is InChI=1S/C15H23N2O5P.C14H28N2O2.2C2H6/c1-2-3-4-5-14(18)17-13(15(16)19)10-11-6-8-12(9-7-11)22-23(20)21;1-7-10(2)8-11(17)16-14(5,6)9-13(3,4)12(15)18;2*1-2/h6-9,13,20-21H,2-5,10H2,1H3,(H2,16,19)(H,17,18);10H,7-9H2,1-6H3,(H2,15,18)(H,16,17);2*1-2H3. The van der Waals surface area contributed by atoms with E-state index in [1.54, 1.807) is 38.1 Å². The molecular formula is C33H63N4O7P. The average Bonchev–Trinajstić information content (AvgIpc) is 2.94. The van der Waals surface area contributed by atoms with Gasteiger partial charge in [0.25, 0.3) is 0 Å². The summed E-state index contributed by atoms with van der Waals surface area (Å²) < 4.78 is 4.76. The number of hydrogen-bond donors (Lipinski definition) is 6. The van der Waals surface area contributed by atoms with Crippen molar-refractivity contribution in [1.82, 2.24) is 10.6 Å². The van der Waals surface area contributed by atoms with Gasteiger partial charge in [-0.25, -0.2) is 0 Å². The third-order valence-electron chi connectivity index (χ3n) is 6.50. The van der Waals surface area contributed by atoms with Crippen molar-refractivity contribution >= 4 is 32.2 Å². The number of rotatable bonds is 17. The molecule has 0 bridgehead atoms. The summed E-state index contributed by atoms with van der Waals surface area (Å²) in [4.78, 5) is 64.0. The summed E-state index contributed by atoms with van der Waals surface area (Å²) in [6, 6.07) is 5.68. The summed E-state index contributed by atoms with van der Waals surface area (Å²) in [5.74, 6) is -0.396. The average molecular weight is 659 g/mol. The number of unbranched alkanes of at least 4 members (excludes halogenated alkanes) is 2. The zero-order valence-electron chi connectivity index (χ0n) is 29.7. The van der Waals surface area contributed by atoms with Gasteiger partial charge in [-0.15, -0.1) is 0 Å². The molecule has 0 aliphatic rings. The lowest BCUT2D eigenvalue weighted by Crippen LogP contribution is -2.49. The Hall–Kier alpha value is -2.75. The molecule has 12 heteroatoms. The molecule has 1 aromatic rings. The zero-order chi connectivity index (χ0) is 35.8. The van der Waals surface area contributed by atoms with Gasteiger partial charge in [0.2, 0.25) is 23.6 Å². The van der Waals surface area contributed by atoms with Crippen molar-refractivity contribution in [2.45, 2.75) is 139 Å². The molecule has 0 spiro atoms. The van der Waals surface area contributed by atoms with Crippen LogP contribution in [0.2, 0.25) is 0 Å². The molecule has 2 unspecified atom stereocenters. The number of primary amides is 2. The highest BCUT2D eigenvalue weighted by atomic mass is 31.2. The minimum absolute atomic E-state index is 0.0367. The second-order valence-corrected chi connectivity index (χ2v) is 12.4. The number of nitrogens with one attached hydrogen (secondary N) is 2. The monoisotopic (exact) mass is 658 g/mol. The number of carbonyl (C=O) groups excluding carboxylic acids is 4. The molecule has 0 saturated heterocycles. The quantitative estimate of drug-likeness (QED) is 0.0920. The molecule has 0 aromatic heterocycles. The Morgan fingerprint density at radius 2 is 1.44 bits per heavy atom. The van der Waals surface area contributed by atoms with Crippen LogP contribution in [0, 0.1) is 11.3 Å². The fourth-order valence-corrected chi connectivity index (χ4v) is 4.48. The van der Waals surface area contributed by atoms with E-state index in [4.69, 9.17) is 25.8 Å². The van der Waals surface area contributed by atoms with Crippen molar-refractivity contribution in [3.63, 3.8) is 0 Å². The SMILES string of the molecule is CC.CC.CCC(C)CC(=O)NC(C)(C)CC(C)(C)C(N)=O.CCCCCC(=O)NC(Cc1ccc(OP(O)O)cc1)C(N)=O. The van der Waals surface area contributed by atoms with Gasteiger partial charge in [-0.2, -0.15) is 0 Å². The van der Waals surface area contributed by atoms with E-state index in [1.807, 2.05) is 41.5 Å². The molecule has 45 heavy (non-hydrogen) atoms. The van der Waals surface area contributed by atoms with Crippen LogP contribution in [0.5, 0.6) is 5.75 Å². The lowest BCUT2D eigenvalue weighted by atomic mass is 9.79. The highest BCUT2D eigenvalue weighted by Crippen LogP contribution is 2.29. The minimum Gasteiger partial charge on any atom is -0.427 e. The molecule has 262 valence electrons. The van der Waals surface area contributed by atoms with Crippen LogP contribution in [0.3, 0.4) is 0 Å². The topological polar surface area (TPSA) is 194 Å². The van der Waals surface area contributed by atoms with Crippen LogP contribution in [0.1, 0.15) is 127 Å². The Morgan fingerprint density at radius 1 is 0.911 bits per heavy atom. The van der Waals surface area contributed by atoms with E-state index in [0.29, 0.717) is 30.9 Å². The predicted octanol–water partition coefficient (Wildman–Crippen LogP) is 5.64. The van der Waals surface area contributed by atoms with Gasteiger partial charge in [0.1, 0.15) is 11.8 Å². The first kappa shape index (κ1) is 46.7. The van der Waals surface area contributed by atoms with Gasteiger partial charge >= 0.3 is 8.60 Å². The molecule has 0 fully saturated rings. The van der Waals surface area contributed by atoms with Crippen LogP contribution in [-0.2, 0) is 25.6 Å². The number of amides is 4. The molecule has 0 radical (unpaired) electrons. The van der Waals surface area contributed by atoms with Gasteiger partial charge in [0, 0.05) is 30.2 Å². The molecule has 1 rings (SSSR count). The van der Waals surface area contributed by atoms with Gasteiger partial charge in [-0.3, -0.25) is 19.2 Å². The smallest absolute Gasteiger partial charge is 0.391 e. The van der Waals surface area contributed by atoms with Crippen molar-refractivity contribution < 1.29 is 33.5 Å². The van der Waals surface area contributed by atoms with Gasteiger partial charge in [0.05, 0.1) is 0 Å². The van der Waals surface area contributed by atoms with Crippen molar-refractivity contribution in [3.8, 4) is 5.75 Å². The molecular weight excluding hydrogens is 595 g/mol. The fraction of sp³-hybridized carbons (Fsp3) is 0.697. The normalized spacial score (nSPS) is 12.0. The minimum atomic E-state index is -2.46. The van der Waals surface area contributed by atoms with E-state index in [0.717, 1.165) is 31.2 Å². The summed E-state index contributed by atoms with van der Waals surface area (Å²) in [5.41, 5.74) is 10.4. The van der Waals surface area contributed by atoms with Crippen LogP contribution >= 0.6 is 8.60 Å². The molecule has 0 saturated carbocycles. The van der Waals surface area contributed by atoms with Gasteiger partial charge in [-0.1, -0.05) is 93.7 Å². The van der Waals surface area contributed by atoms with Crippen LogP contribution < -0.4 is 26.6 Å². The third-order valence-corrected chi connectivity index (χ3v) is 6.87. The zero-order valence-corrected chi connectivity index (χ0v) is 30.6. The molecule has 0 aliphatic heterocycles. The Bertz CT molecular complexity index is 970. The van der Waals surface area contributed by atoms with Gasteiger partial charge in [-0.05, 0) is 50.3 Å². The van der Waals surface area contributed by atoms with E-state index >= 15 is 0 Å². The maximum Gasteiger partial charge on any atom is 0.391 e. The summed E-state index contributed by atoms with van der Waals surface area (Å²) in [6.45, 7) is 21.6. The number of hydrogen-bond acceptors (Lipinski definition) is 7. The third kappa shape index (κ3) is 24.2. The first-order valence-corrected chi connectivity index (χ1v) is 17.2. The first-order chi connectivity index (χ1) is 20.9. The summed E-state index contributed by atoms with van der Waals surface area (Å²) in [5, 5.41) is 5.63. The Kier molecular flexibility index (Phi) is 26.4. The van der Waals surface area contributed by atoms with Gasteiger partial charge in [0.15, 0.2) is 0 Å². The highest BCUT2D eigenvalue weighted by Gasteiger charge is 2.34. The van der Waals surface area contributed by atoms with Gasteiger partial charge < -0.3 is 36.4 Å². The maximum atomic E-state index is 11.9. The lowest BCUT2D eigenvalue weighted by Gasteiger charge is -2.34. The van der Waals surface area contributed by atoms with Crippen molar-refractivity contribution in [1.29, 1.82) is 0 Å². The van der Waals surface area contributed by atoms with E-state index in [1.165, 1.54) is 0 Å². The van der Waals surface area contributed by atoms with E-state index in [2.05, 4.69) is 31.4 Å². The Labute approximate surface area is 273 Å². The molecule has 4 amide bonds. The molecule has 0 aliphatic carbocycles. The Morgan fingerprint density at radius 3 is 1.87 bits per heavy atom. The first-order valence-electron chi connectivity index (χ1n) is 16.1. The molecule has 2 atom stereocenters. The molecule has 11 nitrogen and oxygen atoms in total. The Balaban J connectivity index is -0.000000723. The largest absolute Gasteiger partial charge is 0.427 e. The lowest BCUT2D eigenvalue weighted by molar-refractivity contribution is -0.129. The van der Waals surface area contributed by atoms with Crippen molar-refractivity contribution in [2.75, 3.05) is 0 Å². The van der Waals surface area contributed by atoms with Crippen molar-refractivity contribution in [2.24, 2.45) is 22.8 Å². The summed E-state index contributed by atoms with van der Waals surface area (Å²) in [6.07, 6.45) is 5.45. The molecule has 8 N–H and O–H groups in total.